The molecular weight excluding hydrogens is 228 g/mol. The number of nitriles is 1. The van der Waals surface area contributed by atoms with Gasteiger partial charge in [-0.25, -0.2) is 0 Å². The maximum Gasteiger partial charge on any atom is 0.318 e. The molecule has 0 aliphatic rings. The van der Waals surface area contributed by atoms with Crippen molar-refractivity contribution < 1.29 is 4.74 Å². The molecular formula is C13H14N4O. The predicted octanol–water partition coefficient (Wildman–Crippen LogP) is 2.11. The Balaban J connectivity index is 2.98. The molecule has 0 aliphatic carbocycles. The lowest BCUT2D eigenvalue weighted by Crippen LogP contribution is -1.99. The molecule has 2 N–H and O–H groups in total. The van der Waals surface area contributed by atoms with Crippen molar-refractivity contribution in [2.45, 2.75) is 6.92 Å². The fraction of sp³-hybridized carbons (Fsp3) is 0.154. The number of nitrogen functional groups attached to an aromatic ring is 1. The Bertz CT molecular complexity index is 553. The van der Waals surface area contributed by atoms with E-state index in [2.05, 4.69) is 16.5 Å². The first kappa shape index (κ1) is 13.5. The highest BCUT2D eigenvalue weighted by molar-refractivity contribution is 5.71. The molecule has 18 heavy (non-hydrogen) atoms. The molecule has 92 valence electrons. The van der Waals surface area contributed by atoms with E-state index in [0.717, 1.165) is 0 Å². The summed E-state index contributed by atoms with van der Waals surface area (Å²) in [7, 11) is 1.46. The second kappa shape index (κ2) is 6.21. The highest BCUT2D eigenvalue weighted by atomic mass is 16.5. The van der Waals surface area contributed by atoms with Gasteiger partial charge in [0.25, 0.3) is 0 Å². The number of methoxy groups -OCH3 is 1. The van der Waals surface area contributed by atoms with Gasteiger partial charge in [0, 0.05) is 11.6 Å². The van der Waals surface area contributed by atoms with Gasteiger partial charge in [0.05, 0.1) is 18.9 Å². The number of allylic oxidation sites excluding steroid dienone is 5. The van der Waals surface area contributed by atoms with Gasteiger partial charge >= 0.3 is 6.01 Å². The molecule has 1 rings (SSSR count). The lowest BCUT2D eigenvalue weighted by atomic mass is 10.1. The van der Waals surface area contributed by atoms with E-state index >= 15 is 0 Å². The number of rotatable bonds is 4. The Kier molecular flexibility index (Phi) is 4.64. The average molecular weight is 242 g/mol. The minimum absolute atomic E-state index is 0.186. The van der Waals surface area contributed by atoms with Gasteiger partial charge in [0.1, 0.15) is 5.82 Å². The number of hydrogen-bond donors (Lipinski definition) is 1. The lowest BCUT2D eigenvalue weighted by molar-refractivity contribution is 0.380. The maximum atomic E-state index is 8.77. The van der Waals surface area contributed by atoms with E-state index in [9.17, 15) is 0 Å². The van der Waals surface area contributed by atoms with E-state index < -0.39 is 0 Å². The highest BCUT2D eigenvalue weighted by Crippen LogP contribution is 2.17. The van der Waals surface area contributed by atoms with Crippen LogP contribution in [0.25, 0.3) is 5.57 Å². The van der Waals surface area contributed by atoms with E-state index in [0.29, 0.717) is 22.7 Å². The van der Waals surface area contributed by atoms with Gasteiger partial charge in [0.2, 0.25) is 0 Å². The summed E-state index contributed by atoms with van der Waals surface area (Å²) in [5.41, 5.74) is 7.35. The van der Waals surface area contributed by atoms with Crippen molar-refractivity contribution in [3.63, 3.8) is 0 Å². The zero-order chi connectivity index (χ0) is 13.5. The summed E-state index contributed by atoms with van der Waals surface area (Å²) in [6, 6.07) is 3.82. The zero-order valence-electron chi connectivity index (χ0n) is 10.3. The molecule has 5 nitrogen and oxygen atoms in total. The first-order valence-corrected chi connectivity index (χ1v) is 5.23. The van der Waals surface area contributed by atoms with Gasteiger partial charge in [-0.15, -0.1) is 0 Å². The molecule has 0 spiro atoms. The van der Waals surface area contributed by atoms with Crippen LogP contribution in [0.3, 0.4) is 0 Å². The monoisotopic (exact) mass is 242 g/mol. The summed E-state index contributed by atoms with van der Waals surface area (Å²) < 4.78 is 4.92. The standard InChI is InChI=1S/C13H14N4O/c1-4-10(8-14)6-5-9(2)11-7-12(15)17-13(16-11)18-3/h4-7H,2H2,1,3H3,(H2,15,16,17)/b6-5-,10-4+. The van der Waals surface area contributed by atoms with E-state index in [1.165, 1.54) is 7.11 Å². The highest BCUT2D eigenvalue weighted by Gasteiger charge is 2.04. The van der Waals surface area contributed by atoms with Crippen LogP contribution in [0.5, 0.6) is 6.01 Å². The topological polar surface area (TPSA) is 84.8 Å². The van der Waals surface area contributed by atoms with Gasteiger partial charge in [-0.3, -0.25) is 0 Å². The van der Waals surface area contributed by atoms with Gasteiger partial charge in [-0.2, -0.15) is 15.2 Å². The molecule has 5 heteroatoms. The van der Waals surface area contributed by atoms with Crippen LogP contribution in [0.1, 0.15) is 12.6 Å². The first-order valence-electron chi connectivity index (χ1n) is 5.23. The van der Waals surface area contributed by atoms with Crippen molar-refractivity contribution >= 4 is 11.4 Å². The van der Waals surface area contributed by atoms with E-state index in [1.54, 1.807) is 31.2 Å². The van der Waals surface area contributed by atoms with Crippen molar-refractivity contribution in [1.82, 2.24) is 9.97 Å². The minimum Gasteiger partial charge on any atom is -0.467 e. The van der Waals surface area contributed by atoms with Crippen LogP contribution in [0.2, 0.25) is 0 Å². The molecule has 0 radical (unpaired) electrons. The Labute approximate surface area is 106 Å². The van der Waals surface area contributed by atoms with Gasteiger partial charge in [-0.1, -0.05) is 18.7 Å². The SMILES string of the molecule is C=C(/C=C\C(C#N)=C/C)c1cc(N)nc(OC)n1. The van der Waals surface area contributed by atoms with Gasteiger partial charge in [0.15, 0.2) is 0 Å². The third-order valence-corrected chi connectivity index (χ3v) is 2.14. The maximum absolute atomic E-state index is 8.77. The summed E-state index contributed by atoms with van der Waals surface area (Å²) in [5.74, 6) is 0.304. The number of nitrogens with two attached hydrogens (primary N) is 1. The Morgan fingerprint density at radius 2 is 2.22 bits per heavy atom. The second-order valence-electron chi connectivity index (χ2n) is 3.38. The molecule has 0 amide bonds. The summed E-state index contributed by atoms with van der Waals surface area (Å²) >= 11 is 0. The fourth-order valence-corrected chi connectivity index (χ4v) is 1.17. The summed E-state index contributed by atoms with van der Waals surface area (Å²) in [5, 5.41) is 8.77. The van der Waals surface area contributed by atoms with Gasteiger partial charge in [-0.05, 0) is 18.6 Å². The first-order chi connectivity index (χ1) is 8.60. The molecule has 0 aromatic carbocycles. The predicted molar refractivity (Wildman–Crippen MR) is 70.5 cm³/mol. The average Bonchev–Trinajstić information content (AvgIpc) is 2.38. The summed E-state index contributed by atoms with van der Waals surface area (Å²) in [6.45, 7) is 5.65. The number of anilines is 1. The third kappa shape index (κ3) is 3.46. The van der Waals surface area contributed by atoms with Crippen LogP contribution in [-0.2, 0) is 0 Å². The number of aromatic nitrogens is 2. The lowest BCUT2D eigenvalue weighted by Gasteiger charge is -2.04. The van der Waals surface area contributed by atoms with E-state index in [4.69, 9.17) is 15.7 Å². The molecule has 1 heterocycles. The molecule has 0 aliphatic heterocycles. The van der Waals surface area contributed by atoms with Crippen LogP contribution < -0.4 is 10.5 Å². The van der Waals surface area contributed by atoms with Crippen LogP contribution in [0.4, 0.5) is 5.82 Å². The third-order valence-electron chi connectivity index (χ3n) is 2.14. The number of hydrogen-bond acceptors (Lipinski definition) is 5. The molecule has 0 atom stereocenters. The molecule has 0 saturated heterocycles. The van der Waals surface area contributed by atoms with Crippen LogP contribution >= 0.6 is 0 Å². The molecule has 0 saturated carbocycles. The fourth-order valence-electron chi connectivity index (χ4n) is 1.17. The smallest absolute Gasteiger partial charge is 0.318 e. The summed E-state index contributed by atoms with van der Waals surface area (Å²) in [6.07, 6.45) is 5.06. The van der Waals surface area contributed by atoms with Crippen molar-refractivity contribution in [3.05, 3.63) is 42.1 Å². The van der Waals surface area contributed by atoms with E-state index in [-0.39, 0.29) is 6.01 Å². The molecule has 1 aromatic heterocycles. The normalized spacial score (nSPS) is 11.3. The van der Waals surface area contributed by atoms with E-state index in [1.807, 2.05) is 6.07 Å². The van der Waals surface area contributed by atoms with Crippen molar-refractivity contribution in [1.29, 1.82) is 5.26 Å². The Morgan fingerprint density at radius 3 is 2.78 bits per heavy atom. The molecule has 0 unspecified atom stereocenters. The van der Waals surface area contributed by atoms with Gasteiger partial charge < -0.3 is 10.5 Å². The van der Waals surface area contributed by atoms with Crippen LogP contribution in [0, 0.1) is 11.3 Å². The minimum atomic E-state index is 0.186. The van der Waals surface area contributed by atoms with Crippen molar-refractivity contribution in [2.75, 3.05) is 12.8 Å². The number of ether oxygens (including phenoxy) is 1. The second-order valence-corrected chi connectivity index (χ2v) is 3.38. The van der Waals surface area contributed by atoms with Crippen molar-refractivity contribution in [2.24, 2.45) is 0 Å². The molecule has 0 fully saturated rings. The summed E-state index contributed by atoms with van der Waals surface area (Å²) in [4.78, 5) is 7.99. The Hall–Kier alpha value is -2.61. The van der Waals surface area contributed by atoms with Crippen LogP contribution in [-0.4, -0.2) is 17.1 Å². The molecule has 0 bridgehead atoms. The molecule has 1 aromatic rings. The van der Waals surface area contributed by atoms with Crippen LogP contribution in [0.15, 0.2) is 36.4 Å². The largest absolute Gasteiger partial charge is 0.467 e. The quantitative estimate of drug-likeness (QED) is 0.645. The Morgan fingerprint density at radius 1 is 1.50 bits per heavy atom. The number of nitrogens with zero attached hydrogens (tertiary/aromatic N) is 3. The zero-order valence-corrected chi connectivity index (χ0v) is 10.3. The van der Waals surface area contributed by atoms with Crippen molar-refractivity contribution in [3.8, 4) is 12.1 Å².